The number of rotatable bonds is 5. The summed E-state index contributed by atoms with van der Waals surface area (Å²) in [6.45, 7) is 4.44. The molecule has 1 aromatic carbocycles. The third-order valence-electron chi connectivity index (χ3n) is 2.48. The summed E-state index contributed by atoms with van der Waals surface area (Å²) >= 11 is 2.32. The van der Waals surface area contributed by atoms with E-state index in [9.17, 15) is 0 Å². The van der Waals surface area contributed by atoms with Crippen molar-refractivity contribution >= 4 is 34.0 Å². The second-order valence-electron chi connectivity index (χ2n) is 3.78. The molecule has 0 bridgehead atoms. The summed E-state index contributed by atoms with van der Waals surface area (Å²) in [6.07, 6.45) is 3.60. The van der Waals surface area contributed by atoms with Crippen LogP contribution in [0.4, 0.5) is 11.4 Å². The molecule has 84 valence electrons. The molecule has 0 aliphatic carbocycles. The van der Waals surface area contributed by atoms with E-state index in [0.717, 1.165) is 12.1 Å². The lowest BCUT2D eigenvalue weighted by molar-refractivity contribution is 0.622. The number of benzene rings is 1. The Morgan fingerprint density at radius 3 is 2.67 bits per heavy atom. The molecule has 3 N–H and O–H groups in total. The summed E-state index contributed by atoms with van der Waals surface area (Å²) in [5.41, 5.74) is 7.74. The third-order valence-corrected chi connectivity index (χ3v) is 3.38. The smallest absolute Gasteiger partial charge is 0.0479 e. The molecular weight excluding hydrogens is 299 g/mol. The Morgan fingerprint density at radius 1 is 1.40 bits per heavy atom. The normalized spacial score (nSPS) is 12.5. The van der Waals surface area contributed by atoms with Crippen LogP contribution < -0.4 is 11.1 Å². The Hall–Kier alpha value is -0.450. The van der Waals surface area contributed by atoms with Crippen molar-refractivity contribution in [2.45, 2.75) is 39.2 Å². The van der Waals surface area contributed by atoms with Crippen LogP contribution in [0, 0.1) is 3.57 Å². The van der Waals surface area contributed by atoms with E-state index in [1.54, 1.807) is 0 Å². The lowest BCUT2D eigenvalue weighted by Crippen LogP contribution is -2.18. The van der Waals surface area contributed by atoms with Crippen LogP contribution in [0.2, 0.25) is 0 Å². The molecule has 3 heteroatoms. The lowest BCUT2D eigenvalue weighted by Gasteiger charge is -2.18. The first-order chi connectivity index (χ1) is 7.17. The molecule has 1 atom stereocenters. The maximum absolute atomic E-state index is 5.72. The lowest BCUT2D eigenvalue weighted by atomic mass is 10.1. The zero-order valence-corrected chi connectivity index (χ0v) is 11.5. The van der Waals surface area contributed by atoms with Crippen LogP contribution in [0.3, 0.4) is 0 Å². The molecule has 0 aliphatic rings. The van der Waals surface area contributed by atoms with Gasteiger partial charge in [0.05, 0.1) is 0 Å². The molecule has 0 saturated carbocycles. The van der Waals surface area contributed by atoms with Crippen LogP contribution in [0.5, 0.6) is 0 Å². The number of nitrogens with one attached hydrogen (secondary N) is 1. The summed E-state index contributed by atoms with van der Waals surface area (Å²) in [5, 5.41) is 3.56. The molecule has 0 amide bonds. The monoisotopic (exact) mass is 318 g/mol. The molecule has 1 aromatic rings. The molecule has 0 spiro atoms. The highest BCUT2D eigenvalue weighted by Gasteiger charge is 2.06. The van der Waals surface area contributed by atoms with E-state index in [1.807, 2.05) is 12.1 Å². The van der Waals surface area contributed by atoms with E-state index in [2.05, 4.69) is 47.8 Å². The van der Waals surface area contributed by atoms with Crippen LogP contribution in [-0.2, 0) is 0 Å². The maximum atomic E-state index is 5.72. The molecule has 0 aliphatic heterocycles. The van der Waals surface area contributed by atoms with Crippen molar-refractivity contribution in [2.75, 3.05) is 11.1 Å². The van der Waals surface area contributed by atoms with E-state index >= 15 is 0 Å². The standard InChI is InChI=1S/C12H19IN2/c1-3-5-10(4-2)15-12-7-6-9(14)8-11(12)13/h6-8,10,15H,3-5,14H2,1-2H3. The van der Waals surface area contributed by atoms with E-state index < -0.39 is 0 Å². The largest absolute Gasteiger partial charge is 0.399 e. The average molecular weight is 318 g/mol. The molecule has 1 rings (SSSR count). The molecule has 15 heavy (non-hydrogen) atoms. The van der Waals surface area contributed by atoms with E-state index in [4.69, 9.17) is 5.73 Å². The Kier molecular flexibility index (Phi) is 5.22. The van der Waals surface area contributed by atoms with Crippen LogP contribution in [0.1, 0.15) is 33.1 Å². The molecule has 0 aromatic heterocycles. The minimum absolute atomic E-state index is 0.576. The highest BCUT2D eigenvalue weighted by atomic mass is 127. The van der Waals surface area contributed by atoms with Gasteiger partial charge in [-0.1, -0.05) is 20.3 Å². The van der Waals surface area contributed by atoms with Gasteiger partial charge in [0, 0.05) is 21.0 Å². The highest BCUT2D eigenvalue weighted by molar-refractivity contribution is 14.1. The summed E-state index contributed by atoms with van der Waals surface area (Å²) < 4.78 is 1.20. The zero-order chi connectivity index (χ0) is 11.3. The zero-order valence-electron chi connectivity index (χ0n) is 9.39. The fourth-order valence-electron chi connectivity index (χ4n) is 1.60. The average Bonchev–Trinajstić information content (AvgIpc) is 2.21. The second-order valence-corrected chi connectivity index (χ2v) is 4.94. The van der Waals surface area contributed by atoms with Gasteiger partial charge in [-0.15, -0.1) is 0 Å². The Labute approximate surface area is 106 Å². The fraction of sp³-hybridized carbons (Fsp3) is 0.500. The van der Waals surface area contributed by atoms with Gasteiger partial charge < -0.3 is 11.1 Å². The summed E-state index contributed by atoms with van der Waals surface area (Å²) in [4.78, 5) is 0. The van der Waals surface area contributed by atoms with Gasteiger partial charge in [-0.3, -0.25) is 0 Å². The highest BCUT2D eigenvalue weighted by Crippen LogP contribution is 2.22. The predicted molar refractivity (Wildman–Crippen MR) is 76.2 cm³/mol. The van der Waals surface area contributed by atoms with Crippen LogP contribution in [-0.4, -0.2) is 6.04 Å². The summed E-state index contributed by atoms with van der Waals surface area (Å²) in [6, 6.07) is 6.59. The van der Waals surface area contributed by atoms with Gasteiger partial charge >= 0.3 is 0 Å². The number of nitrogen functional groups attached to an aromatic ring is 1. The minimum Gasteiger partial charge on any atom is -0.399 e. The molecule has 0 heterocycles. The topological polar surface area (TPSA) is 38.0 Å². The predicted octanol–water partition coefficient (Wildman–Crippen LogP) is 3.86. The van der Waals surface area contributed by atoms with Gasteiger partial charge in [0.1, 0.15) is 0 Å². The van der Waals surface area contributed by atoms with Crippen molar-refractivity contribution in [1.29, 1.82) is 0 Å². The van der Waals surface area contributed by atoms with Gasteiger partial charge in [-0.2, -0.15) is 0 Å². The van der Waals surface area contributed by atoms with Crippen molar-refractivity contribution in [3.05, 3.63) is 21.8 Å². The van der Waals surface area contributed by atoms with Crippen LogP contribution in [0.25, 0.3) is 0 Å². The molecule has 2 nitrogen and oxygen atoms in total. The molecule has 1 unspecified atom stereocenters. The first-order valence-corrected chi connectivity index (χ1v) is 6.56. The fourth-order valence-corrected chi connectivity index (χ4v) is 2.29. The first-order valence-electron chi connectivity index (χ1n) is 5.49. The van der Waals surface area contributed by atoms with Gasteiger partial charge in [0.25, 0.3) is 0 Å². The van der Waals surface area contributed by atoms with Crippen molar-refractivity contribution in [3.8, 4) is 0 Å². The molecular formula is C12H19IN2. The minimum atomic E-state index is 0.576. The maximum Gasteiger partial charge on any atom is 0.0479 e. The number of nitrogens with two attached hydrogens (primary N) is 1. The Balaban J connectivity index is 2.70. The van der Waals surface area contributed by atoms with Crippen LogP contribution >= 0.6 is 22.6 Å². The number of halogens is 1. The number of hydrogen-bond donors (Lipinski definition) is 2. The van der Waals surface area contributed by atoms with Gasteiger partial charge in [-0.25, -0.2) is 0 Å². The van der Waals surface area contributed by atoms with E-state index in [0.29, 0.717) is 6.04 Å². The Morgan fingerprint density at radius 2 is 2.13 bits per heavy atom. The SMILES string of the molecule is CCCC(CC)Nc1ccc(N)cc1I. The van der Waals surface area contributed by atoms with Gasteiger partial charge in [-0.05, 0) is 53.6 Å². The Bertz CT molecular complexity index is 312. The van der Waals surface area contributed by atoms with Crippen molar-refractivity contribution in [3.63, 3.8) is 0 Å². The molecule has 0 fully saturated rings. The van der Waals surface area contributed by atoms with Crippen molar-refractivity contribution in [1.82, 2.24) is 0 Å². The first kappa shape index (κ1) is 12.6. The number of hydrogen-bond acceptors (Lipinski definition) is 2. The second kappa shape index (κ2) is 6.20. The summed E-state index contributed by atoms with van der Waals surface area (Å²) in [7, 11) is 0. The van der Waals surface area contributed by atoms with Crippen LogP contribution in [0.15, 0.2) is 18.2 Å². The van der Waals surface area contributed by atoms with Crippen molar-refractivity contribution < 1.29 is 0 Å². The number of anilines is 2. The third kappa shape index (κ3) is 3.89. The van der Waals surface area contributed by atoms with Gasteiger partial charge in [0.2, 0.25) is 0 Å². The van der Waals surface area contributed by atoms with E-state index in [-0.39, 0.29) is 0 Å². The van der Waals surface area contributed by atoms with E-state index in [1.165, 1.54) is 22.1 Å². The summed E-state index contributed by atoms with van der Waals surface area (Å²) in [5.74, 6) is 0. The molecule has 0 saturated heterocycles. The van der Waals surface area contributed by atoms with Gasteiger partial charge in [0.15, 0.2) is 0 Å². The molecule has 0 radical (unpaired) electrons. The van der Waals surface area contributed by atoms with Crippen molar-refractivity contribution in [2.24, 2.45) is 0 Å². The quantitative estimate of drug-likeness (QED) is 0.639.